The van der Waals surface area contributed by atoms with Crippen molar-refractivity contribution < 1.29 is 65.8 Å². The number of hydrogen-bond donors (Lipinski definition) is 0. The quantitative estimate of drug-likeness (QED) is 0.103. The van der Waals surface area contributed by atoms with Crippen molar-refractivity contribution in [3.05, 3.63) is 71.8 Å². The average Bonchev–Trinajstić information content (AvgIpc) is 3.47. The second kappa shape index (κ2) is 19.2. The fourth-order valence-electron chi connectivity index (χ4n) is 11.2. The predicted octanol–water partition coefficient (Wildman–Crippen LogP) is 7.70. The van der Waals surface area contributed by atoms with Gasteiger partial charge in [0.15, 0.2) is 11.9 Å². The Morgan fingerprint density at radius 1 is 0.750 bits per heavy atom. The molecule has 0 aromatic heterocycles. The van der Waals surface area contributed by atoms with Crippen molar-refractivity contribution >= 4 is 19.3 Å². The first kappa shape index (κ1) is 47.9. The fraction of sp³-hybridized carbons (Fsp3) is 0.714. The first-order valence-electron chi connectivity index (χ1n) is 23.2. The molecule has 6 heterocycles. The molecule has 64 heavy (non-hydrogen) atoms. The van der Waals surface area contributed by atoms with Crippen molar-refractivity contribution in [3.63, 3.8) is 0 Å². The average molecular weight is 913 g/mol. The molecule has 0 bridgehead atoms. The minimum atomic E-state index is -3.68. The van der Waals surface area contributed by atoms with Crippen LogP contribution in [0.5, 0.6) is 0 Å². The molecule has 8 rings (SSSR count). The number of hydrogen-bond acceptors (Lipinski definition) is 14. The lowest BCUT2D eigenvalue weighted by atomic mass is 9.73. The first-order valence-corrected chi connectivity index (χ1v) is 24.9. The number of esters is 1. The van der Waals surface area contributed by atoms with E-state index in [1.807, 2.05) is 43.3 Å². The van der Waals surface area contributed by atoms with Crippen LogP contribution in [0.25, 0.3) is 0 Å². The lowest BCUT2D eigenvalue weighted by molar-refractivity contribution is -0.345. The molecular weight excluding hydrogens is 843 g/mol. The maximum Gasteiger partial charge on any atom is 0.341 e. The number of ketones is 1. The Labute approximate surface area is 378 Å². The SMILES string of the molecule is COP(=O)(CC(=O)O[C@H]1C[C@H]2O[C@H]3C[C@@H](C)[C@H]4O[C@H]5C[C@H]6O[C@@](C)(CCOCc7ccccc7)[C@H](OCc7ccccc7)C[C@]6(C)O[C@]5(C)CC[C@@H]4O[C@@H]3C[C@]2(C)O[C@@H]1C(C)=O)OC. The topological polar surface area (TPSA) is 153 Å². The summed E-state index contributed by atoms with van der Waals surface area (Å²) < 4.78 is 83.6. The molecule has 0 radical (unpaired) electrons. The van der Waals surface area contributed by atoms with E-state index in [4.69, 9.17) is 51.7 Å². The summed E-state index contributed by atoms with van der Waals surface area (Å²) >= 11 is 0. The van der Waals surface area contributed by atoms with Gasteiger partial charge in [-0.15, -0.1) is 0 Å². The lowest BCUT2D eigenvalue weighted by Crippen LogP contribution is -2.69. The molecule has 0 saturated carbocycles. The zero-order chi connectivity index (χ0) is 45.5. The Kier molecular flexibility index (Phi) is 14.4. The summed E-state index contributed by atoms with van der Waals surface area (Å²) in [5.74, 6) is -1.02. The van der Waals surface area contributed by atoms with Crippen LogP contribution in [-0.4, -0.2) is 122 Å². The molecule has 15 atom stereocenters. The normalized spacial score (nSPS) is 40.8. The largest absolute Gasteiger partial charge is 0.459 e. The van der Waals surface area contributed by atoms with E-state index in [9.17, 15) is 14.2 Å². The van der Waals surface area contributed by atoms with Crippen LogP contribution >= 0.6 is 7.60 Å². The van der Waals surface area contributed by atoms with Gasteiger partial charge < -0.3 is 51.7 Å². The van der Waals surface area contributed by atoms with Crippen molar-refractivity contribution in [2.24, 2.45) is 5.92 Å². The van der Waals surface area contributed by atoms with E-state index in [0.717, 1.165) is 24.0 Å². The maximum atomic E-state index is 13.0. The number of fused-ring (bicyclic) bond motifs is 5. The minimum Gasteiger partial charge on any atom is -0.459 e. The number of carbonyl (C=O) groups excluding carboxylic acids is 2. The molecule has 6 aliphatic heterocycles. The molecule has 6 fully saturated rings. The van der Waals surface area contributed by atoms with Crippen LogP contribution in [0.2, 0.25) is 0 Å². The molecular formula is C49H69O14P. The monoisotopic (exact) mass is 912 g/mol. The van der Waals surface area contributed by atoms with Crippen molar-refractivity contribution in [1.82, 2.24) is 0 Å². The van der Waals surface area contributed by atoms with Gasteiger partial charge in [0, 0.05) is 52.9 Å². The Morgan fingerprint density at radius 2 is 1.42 bits per heavy atom. The Balaban J connectivity index is 0.962. The Morgan fingerprint density at radius 3 is 2.09 bits per heavy atom. The molecule has 0 aliphatic carbocycles. The molecule has 354 valence electrons. The van der Waals surface area contributed by atoms with Crippen molar-refractivity contribution in [3.8, 4) is 0 Å². The van der Waals surface area contributed by atoms with E-state index >= 15 is 0 Å². The van der Waals surface area contributed by atoms with E-state index in [-0.39, 0.29) is 60.8 Å². The van der Waals surface area contributed by atoms with Gasteiger partial charge in [0.2, 0.25) is 0 Å². The molecule has 0 unspecified atom stereocenters. The van der Waals surface area contributed by atoms with E-state index in [1.165, 1.54) is 21.1 Å². The van der Waals surface area contributed by atoms with Crippen LogP contribution in [0.3, 0.4) is 0 Å². The highest BCUT2D eigenvalue weighted by Gasteiger charge is 2.63. The minimum absolute atomic E-state index is 0.0652. The van der Waals surface area contributed by atoms with Gasteiger partial charge in [0.25, 0.3) is 0 Å². The van der Waals surface area contributed by atoms with Gasteiger partial charge in [-0.2, -0.15) is 0 Å². The molecule has 6 aliphatic rings. The first-order chi connectivity index (χ1) is 30.5. The summed E-state index contributed by atoms with van der Waals surface area (Å²) in [6.07, 6.45) is -0.0944. The van der Waals surface area contributed by atoms with Crippen LogP contribution in [0, 0.1) is 5.92 Å². The van der Waals surface area contributed by atoms with Gasteiger partial charge in [-0.3, -0.25) is 14.2 Å². The highest BCUT2D eigenvalue weighted by Crippen LogP contribution is 2.53. The lowest BCUT2D eigenvalue weighted by Gasteiger charge is -2.59. The molecule has 0 amide bonds. The van der Waals surface area contributed by atoms with E-state index in [2.05, 4.69) is 52.0 Å². The maximum absolute atomic E-state index is 13.0. The third kappa shape index (κ3) is 10.1. The van der Waals surface area contributed by atoms with Crippen LogP contribution in [0.15, 0.2) is 60.7 Å². The molecule has 0 spiro atoms. The standard InChI is InChI=1S/C49H69O14P/c1-31-23-36-38(26-48(5)39(58-36)24-37(45(62-48)32(2)50)59-43(51)30-64(52,53-7)54-8)57-35-19-20-47(4)40(60-44(31)35)25-41-49(6,63-47)27-42(56-29-34-17-13-10-14-18-34)46(3,61-41)21-22-55-28-33-15-11-9-12-16-33/h9-18,31,35-42,44-45H,19-30H2,1-8H3/t31-,35+,36+,37+,38-,39-,40+,41-,42-,44-,45-,46+,47-,48+,49+/m1/s1. The van der Waals surface area contributed by atoms with Crippen LogP contribution < -0.4 is 0 Å². The van der Waals surface area contributed by atoms with Crippen molar-refractivity contribution in [2.45, 2.75) is 190 Å². The van der Waals surface area contributed by atoms with Gasteiger partial charge in [-0.05, 0) is 70.9 Å². The second-order valence-corrected chi connectivity index (χ2v) is 22.2. The zero-order valence-corrected chi connectivity index (χ0v) is 39.7. The predicted molar refractivity (Wildman–Crippen MR) is 235 cm³/mol. The van der Waals surface area contributed by atoms with Gasteiger partial charge in [-0.1, -0.05) is 67.6 Å². The van der Waals surface area contributed by atoms with Gasteiger partial charge in [0.05, 0.1) is 84.4 Å². The number of carbonyl (C=O) groups is 2. The van der Waals surface area contributed by atoms with E-state index in [1.54, 1.807) is 0 Å². The molecule has 2 aromatic rings. The number of benzene rings is 2. The molecule has 2 aromatic carbocycles. The summed E-state index contributed by atoms with van der Waals surface area (Å²) in [6, 6.07) is 20.4. The molecule has 14 nitrogen and oxygen atoms in total. The van der Waals surface area contributed by atoms with Crippen LogP contribution in [0.1, 0.15) is 104 Å². The molecule has 0 N–H and O–H groups in total. The second-order valence-electron chi connectivity index (χ2n) is 19.9. The summed E-state index contributed by atoms with van der Waals surface area (Å²) in [7, 11) is -1.27. The number of Topliss-reactive ketones (excluding diaryl/α,β-unsaturated/α-hetero) is 1. The zero-order valence-electron chi connectivity index (χ0n) is 38.8. The highest BCUT2D eigenvalue weighted by atomic mass is 31.2. The summed E-state index contributed by atoms with van der Waals surface area (Å²) in [5.41, 5.74) is -0.540. The molecule has 15 heteroatoms. The van der Waals surface area contributed by atoms with Crippen molar-refractivity contribution in [1.29, 1.82) is 0 Å². The smallest absolute Gasteiger partial charge is 0.341 e. The third-order valence-electron chi connectivity index (χ3n) is 15.0. The number of ether oxygens (including phenoxy) is 9. The Hall–Kier alpha value is -2.59. The van der Waals surface area contributed by atoms with E-state index < -0.39 is 60.4 Å². The van der Waals surface area contributed by atoms with Gasteiger partial charge >= 0.3 is 13.6 Å². The molecule has 6 saturated heterocycles. The van der Waals surface area contributed by atoms with Gasteiger partial charge in [0.1, 0.15) is 12.3 Å². The van der Waals surface area contributed by atoms with Gasteiger partial charge in [-0.25, -0.2) is 0 Å². The van der Waals surface area contributed by atoms with E-state index in [0.29, 0.717) is 51.9 Å². The van der Waals surface area contributed by atoms with Crippen LogP contribution in [-0.2, 0) is 79.0 Å². The Bertz CT molecular complexity index is 1960. The number of rotatable bonds is 14. The van der Waals surface area contributed by atoms with Crippen LogP contribution in [0.4, 0.5) is 0 Å². The third-order valence-corrected chi connectivity index (χ3v) is 16.8. The summed E-state index contributed by atoms with van der Waals surface area (Å²) in [5, 5.41) is 0. The fourth-order valence-corrected chi connectivity index (χ4v) is 12.0. The summed E-state index contributed by atoms with van der Waals surface area (Å²) in [4.78, 5) is 25.9. The highest BCUT2D eigenvalue weighted by molar-refractivity contribution is 7.54. The summed E-state index contributed by atoms with van der Waals surface area (Å²) in [6.45, 7) is 13.6. The van der Waals surface area contributed by atoms with Crippen molar-refractivity contribution in [2.75, 3.05) is 27.0 Å².